The molecule has 1 aromatic rings. The van der Waals surface area contributed by atoms with Crippen molar-refractivity contribution in [3.05, 3.63) is 24.3 Å². The van der Waals surface area contributed by atoms with E-state index in [4.69, 9.17) is 13.6 Å². The molecule has 4 heteroatoms. The number of methoxy groups -OCH3 is 1. The third-order valence-electron chi connectivity index (χ3n) is 2.47. The molecule has 1 saturated heterocycles. The molecule has 0 bridgehead atoms. The van der Waals surface area contributed by atoms with Gasteiger partial charge in [0.15, 0.2) is 5.75 Å². The molecule has 1 fully saturated rings. The number of rotatable bonds is 3. The fourth-order valence-corrected chi connectivity index (χ4v) is 3.54. The Kier molecular flexibility index (Phi) is 3.63. The number of ether oxygens (including phenoxy) is 1. The highest BCUT2D eigenvalue weighted by molar-refractivity contribution is 6.45. The highest BCUT2D eigenvalue weighted by Gasteiger charge is 2.20. The fraction of sp³-hybridized carbons (Fsp3) is 0.455. The van der Waals surface area contributed by atoms with Gasteiger partial charge in [-0.2, -0.15) is 0 Å². The van der Waals surface area contributed by atoms with E-state index in [1.807, 2.05) is 24.3 Å². The zero-order chi connectivity index (χ0) is 10.5. The van der Waals surface area contributed by atoms with E-state index in [9.17, 15) is 0 Å². The SMILES string of the molecule is COc1ccccc1O[SiH]1CCCCO1. The first-order valence-corrected chi connectivity index (χ1v) is 7.07. The molecule has 0 spiro atoms. The molecule has 1 aliphatic heterocycles. The van der Waals surface area contributed by atoms with Gasteiger partial charge in [0.1, 0.15) is 5.75 Å². The van der Waals surface area contributed by atoms with Gasteiger partial charge in [-0.3, -0.25) is 0 Å². The number of benzene rings is 1. The van der Waals surface area contributed by atoms with Crippen LogP contribution in [0.1, 0.15) is 12.8 Å². The summed E-state index contributed by atoms with van der Waals surface area (Å²) in [6, 6.07) is 8.83. The second-order valence-corrected chi connectivity index (χ2v) is 5.57. The van der Waals surface area contributed by atoms with E-state index in [0.717, 1.165) is 24.2 Å². The molecule has 0 radical (unpaired) electrons. The minimum atomic E-state index is -1.47. The Morgan fingerprint density at radius 3 is 2.67 bits per heavy atom. The van der Waals surface area contributed by atoms with Gasteiger partial charge >= 0.3 is 9.28 Å². The summed E-state index contributed by atoms with van der Waals surface area (Å²) in [5.41, 5.74) is 0. The minimum Gasteiger partial charge on any atom is -0.519 e. The maximum absolute atomic E-state index is 5.87. The third kappa shape index (κ3) is 2.73. The molecular weight excluding hydrogens is 208 g/mol. The Hall–Kier alpha value is -1.00. The zero-order valence-corrected chi connectivity index (χ0v) is 10.1. The molecule has 0 aliphatic carbocycles. The first-order chi connectivity index (χ1) is 7.40. The molecule has 1 aliphatic rings. The average molecular weight is 224 g/mol. The molecule has 1 atom stereocenters. The highest BCUT2D eigenvalue weighted by Crippen LogP contribution is 2.27. The van der Waals surface area contributed by atoms with Crippen LogP contribution in [0.15, 0.2) is 24.3 Å². The van der Waals surface area contributed by atoms with Crippen LogP contribution in [0.3, 0.4) is 0 Å². The maximum atomic E-state index is 5.87. The normalized spacial score (nSPS) is 21.0. The van der Waals surface area contributed by atoms with Gasteiger partial charge in [0.05, 0.1) is 7.11 Å². The van der Waals surface area contributed by atoms with E-state index < -0.39 is 9.28 Å². The Morgan fingerprint density at radius 1 is 1.20 bits per heavy atom. The Bertz CT molecular complexity index is 310. The number of para-hydroxylation sites is 2. The Morgan fingerprint density at radius 2 is 2.00 bits per heavy atom. The summed E-state index contributed by atoms with van der Waals surface area (Å²) in [5, 5.41) is 0. The van der Waals surface area contributed by atoms with Crippen molar-refractivity contribution < 1.29 is 13.6 Å². The van der Waals surface area contributed by atoms with Gasteiger partial charge in [-0.1, -0.05) is 12.1 Å². The number of hydrogen-bond donors (Lipinski definition) is 0. The molecule has 0 amide bonds. The van der Waals surface area contributed by atoms with Crippen molar-refractivity contribution in [2.75, 3.05) is 13.7 Å². The molecule has 0 aromatic heterocycles. The average Bonchev–Trinajstić information content (AvgIpc) is 2.31. The molecule has 15 heavy (non-hydrogen) atoms. The molecule has 3 nitrogen and oxygen atoms in total. The van der Waals surface area contributed by atoms with Crippen molar-refractivity contribution in [3.8, 4) is 11.5 Å². The van der Waals surface area contributed by atoms with Gasteiger partial charge < -0.3 is 13.6 Å². The van der Waals surface area contributed by atoms with Crippen molar-refractivity contribution in [1.29, 1.82) is 0 Å². The van der Waals surface area contributed by atoms with Crippen molar-refractivity contribution in [3.63, 3.8) is 0 Å². The standard InChI is InChI=1S/C11H16O3Si/c1-12-10-6-2-3-7-11(10)14-15-9-5-4-8-13-15/h2-3,6-7,15H,4-5,8-9H2,1H3. The molecule has 1 unspecified atom stereocenters. The molecule has 2 rings (SSSR count). The van der Waals surface area contributed by atoms with Crippen molar-refractivity contribution in [2.45, 2.75) is 18.9 Å². The van der Waals surface area contributed by atoms with E-state index in [-0.39, 0.29) is 0 Å². The lowest BCUT2D eigenvalue weighted by atomic mass is 10.3. The summed E-state index contributed by atoms with van der Waals surface area (Å²) in [4.78, 5) is 0. The van der Waals surface area contributed by atoms with Gasteiger partial charge in [0, 0.05) is 6.61 Å². The van der Waals surface area contributed by atoms with Crippen LogP contribution in [0.4, 0.5) is 0 Å². The minimum absolute atomic E-state index is 0.791. The molecule has 82 valence electrons. The van der Waals surface area contributed by atoms with Gasteiger partial charge in [-0.25, -0.2) is 0 Å². The predicted octanol–water partition coefficient (Wildman–Crippen LogP) is 2.10. The maximum Gasteiger partial charge on any atom is 0.382 e. The highest BCUT2D eigenvalue weighted by atomic mass is 28.3. The van der Waals surface area contributed by atoms with E-state index in [1.165, 1.54) is 12.8 Å². The molecule has 1 aromatic carbocycles. The fourth-order valence-electron chi connectivity index (χ4n) is 1.66. The van der Waals surface area contributed by atoms with Gasteiger partial charge in [-0.05, 0) is 31.0 Å². The van der Waals surface area contributed by atoms with Gasteiger partial charge in [0.25, 0.3) is 0 Å². The summed E-state index contributed by atoms with van der Waals surface area (Å²) in [7, 11) is 0.183. The lowest BCUT2D eigenvalue weighted by molar-refractivity contribution is 0.234. The van der Waals surface area contributed by atoms with E-state index in [0.29, 0.717) is 0 Å². The van der Waals surface area contributed by atoms with Crippen LogP contribution >= 0.6 is 0 Å². The Balaban J connectivity index is 2.02. The molecule has 1 heterocycles. The quantitative estimate of drug-likeness (QED) is 0.736. The first-order valence-electron chi connectivity index (χ1n) is 5.31. The van der Waals surface area contributed by atoms with Crippen LogP contribution in [-0.4, -0.2) is 23.0 Å². The summed E-state index contributed by atoms with van der Waals surface area (Å²) < 4.78 is 16.7. The van der Waals surface area contributed by atoms with Crippen molar-refractivity contribution in [1.82, 2.24) is 0 Å². The summed E-state index contributed by atoms with van der Waals surface area (Å²) in [5.74, 6) is 1.61. The van der Waals surface area contributed by atoms with E-state index in [2.05, 4.69) is 0 Å². The van der Waals surface area contributed by atoms with Crippen LogP contribution in [-0.2, 0) is 4.43 Å². The molecular formula is C11H16O3Si. The van der Waals surface area contributed by atoms with Gasteiger partial charge in [0.2, 0.25) is 0 Å². The lowest BCUT2D eigenvalue weighted by Gasteiger charge is -2.22. The third-order valence-corrected chi connectivity index (χ3v) is 4.47. The predicted molar refractivity (Wildman–Crippen MR) is 60.8 cm³/mol. The van der Waals surface area contributed by atoms with E-state index >= 15 is 0 Å². The van der Waals surface area contributed by atoms with Crippen molar-refractivity contribution >= 4 is 9.28 Å². The van der Waals surface area contributed by atoms with Crippen LogP contribution in [0.25, 0.3) is 0 Å². The van der Waals surface area contributed by atoms with Gasteiger partial charge in [-0.15, -0.1) is 0 Å². The van der Waals surface area contributed by atoms with Crippen LogP contribution < -0.4 is 9.16 Å². The van der Waals surface area contributed by atoms with E-state index in [1.54, 1.807) is 7.11 Å². The lowest BCUT2D eigenvalue weighted by Crippen LogP contribution is -2.30. The van der Waals surface area contributed by atoms with Crippen LogP contribution in [0, 0.1) is 0 Å². The topological polar surface area (TPSA) is 27.7 Å². The van der Waals surface area contributed by atoms with Crippen molar-refractivity contribution in [2.24, 2.45) is 0 Å². The van der Waals surface area contributed by atoms with Crippen LogP contribution in [0.2, 0.25) is 6.04 Å². The largest absolute Gasteiger partial charge is 0.519 e. The second-order valence-electron chi connectivity index (χ2n) is 3.56. The number of hydrogen-bond acceptors (Lipinski definition) is 3. The zero-order valence-electron chi connectivity index (χ0n) is 8.94. The monoisotopic (exact) mass is 224 g/mol. The second kappa shape index (κ2) is 5.18. The molecule has 0 N–H and O–H groups in total. The molecule has 0 saturated carbocycles. The summed E-state index contributed by atoms with van der Waals surface area (Å²) in [6.07, 6.45) is 2.39. The van der Waals surface area contributed by atoms with Crippen LogP contribution in [0.5, 0.6) is 11.5 Å². The summed E-state index contributed by atoms with van der Waals surface area (Å²) in [6.45, 7) is 0.853. The Labute approximate surface area is 91.8 Å². The summed E-state index contributed by atoms with van der Waals surface area (Å²) >= 11 is 0. The first kappa shape index (κ1) is 10.5. The smallest absolute Gasteiger partial charge is 0.382 e.